The molecule has 0 radical (unpaired) electrons. The summed E-state index contributed by atoms with van der Waals surface area (Å²) in [5, 5.41) is 0. The summed E-state index contributed by atoms with van der Waals surface area (Å²) in [6, 6.07) is 9.44. The number of carbonyl (C=O) groups excluding carboxylic acids is 2. The van der Waals surface area contributed by atoms with Crippen LogP contribution in [0.25, 0.3) is 0 Å². The van der Waals surface area contributed by atoms with E-state index in [4.69, 9.17) is 14.2 Å². The zero-order valence-electron chi connectivity index (χ0n) is 15.1. The summed E-state index contributed by atoms with van der Waals surface area (Å²) in [7, 11) is 0. The fourth-order valence-electron chi connectivity index (χ4n) is 4.79. The highest BCUT2D eigenvalue weighted by molar-refractivity contribution is 5.97. The molecule has 2 aliphatic heterocycles. The summed E-state index contributed by atoms with van der Waals surface area (Å²) >= 11 is 0. The zero-order chi connectivity index (χ0) is 18.1. The quantitative estimate of drug-likeness (QED) is 0.777. The Bertz CT molecular complexity index is 652. The van der Waals surface area contributed by atoms with Crippen molar-refractivity contribution in [3.63, 3.8) is 0 Å². The first kappa shape index (κ1) is 17.5. The Labute approximate surface area is 153 Å². The van der Waals surface area contributed by atoms with E-state index >= 15 is 0 Å². The number of hydrogen-bond donors (Lipinski definition) is 0. The molecule has 2 heterocycles. The Morgan fingerprint density at radius 3 is 2.31 bits per heavy atom. The van der Waals surface area contributed by atoms with Gasteiger partial charge in [-0.15, -0.1) is 0 Å². The van der Waals surface area contributed by atoms with Gasteiger partial charge in [0.2, 0.25) is 0 Å². The first-order chi connectivity index (χ1) is 12.6. The maximum absolute atomic E-state index is 13.0. The highest BCUT2D eigenvalue weighted by Crippen LogP contribution is 2.50. The third-order valence-corrected chi connectivity index (χ3v) is 5.85. The van der Waals surface area contributed by atoms with Gasteiger partial charge in [0.05, 0.1) is 19.8 Å². The summed E-state index contributed by atoms with van der Waals surface area (Å²) < 4.78 is 17.3. The van der Waals surface area contributed by atoms with E-state index in [-0.39, 0.29) is 29.6 Å². The van der Waals surface area contributed by atoms with Crippen LogP contribution in [0.15, 0.2) is 30.3 Å². The number of piperidine rings is 1. The molecular formula is C20H25NO5. The molecule has 140 valence electrons. The van der Waals surface area contributed by atoms with Crippen LogP contribution in [0.2, 0.25) is 0 Å². The van der Waals surface area contributed by atoms with E-state index in [9.17, 15) is 9.59 Å². The molecule has 1 spiro atoms. The highest BCUT2D eigenvalue weighted by Gasteiger charge is 2.59. The van der Waals surface area contributed by atoms with E-state index in [0.29, 0.717) is 45.8 Å². The van der Waals surface area contributed by atoms with Crippen molar-refractivity contribution >= 4 is 11.9 Å². The van der Waals surface area contributed by atoms with Crippen LogP contribution in [0, 0.1) is 17.8 Å². The van der Waals surface area contributed by atoms with Gasteiger partial charge in [-0.25, -0.2) is 4.79 Å². The van der Waals surface area contributed by atoms with Gasteiger partial charge in [0.15, 0.2) is 11.6 Å². The van der Waals surface area contributed by atoms with Gasteiger partial charge in [-0.05, 0) is 19.8 Å². The van der Waals surface area contributed by atoms with Crippen LogP contribution in [0.3, 0.4) is 0 Å². The number of hydrogen-bond acceptors (Lipinski definition) is 5. The second-order valence-corrected chi connectivity index (χ2v) is 7.31. The summed E-state index contributed by atoms with van der Waals surface area (Å²) in [6.45, 7) is 4.33. The zero-order valence-corrected chi connectivity index (χ0v) is 15.1. The van der Waals surface area contributed by atoms with E-state index in [1.54, 1.807) is 4.90 Å². The van der Waals surface area contributed by atoms with Crippen LogP contribution in [-0.2, 0) is 14.2 Å². The first-order valence-corrected chi connectivity index (χ1v) is 9.43. The van der Waals surface area contributed by atoms with Crippen LogP contribution in [0.5, 0.6) is 0 Å². The largest absolute Gasteiger partial charge is 0.450 e. The normalized spacial score (nSPS) is 29.6. The standard InChI is InChI=1S/C20H25NO5/c1-2-24-19(23)21-12-16-10-15(18(22)14-6-4-3-5-7-14)11-17(13-21)20(16)25-8-9-26-20/h3-7,15-17H,2,8-13H2,1H3. The fourth-order valence-corrected chi connectivity index (χ4v) is 4.79. The third kappa shape index (κ3) is 2.91. The molecule has 2 saturated heterocycles. The molecule has 2 atom stereocenters. The number of benzene rings is 1. The number of amides is 1. The summed E-state index contributed by atoms with van der Waals surface area (Å²) in [5.74, 6) is -0.552. The Kier molecular flexibility index (Phi) is 4.71. The van der Waals surface area contributed by atoms with E-state index in [1.165, 1.54) is 0 Å². The molecule has 1 aromatic carbocycles. The molecule has 1 saturated carbocycles. The van der Waals surface area contributed by atoms with E-state index < -0.39 is 5.79 Å². The Hall–Kier alpha value is -1.92. The predicted molar refractivity (Wildman–Crippen MR) is 93.7 cm³/mol. The molecule has 6 nitrogen and oxygen atoms in total. The lowest BCUT2D eigenvalue weighted by Gasteiger charge is -2.53. The molecule has 6 heteroatoms. The fraction of sp³-hybridized carbons (Fsp3) is 0.600. The lowest BCUT2D eigenvalue weighted by Crippen LogP contribution is -2.63. The van der Waals surface area contributed by atoms with Crippen molar-refractivity contribution in [2.45, 2.75) is 25.6 Å². The number of Topliss-reactive ketones (excluding diaryl/α,β-unsaturated/α-hetero) is 1. The number of nitrogens with zero attached hydrogens (tertiary/aromatic N) is 1. The van der Waals surface area contributed by atoms with Crippen LogP contribution in [0.4, 0.5) is 4.79 Å². The second kappa shape index (κ2) is 7.00. The molecule has 2 bridgehead atoms. The number of likely N-dealkylation sites (tertiary alicyclic amines) is 1. The maximum atomic E-state index is 13.0. The van der Waals surface area contributed by atoms with Crippen molar-refractivity contribution in [1.82, 2.24) is 4.90 Å². The monoisotopic (exact) mass is 359 g/mol. The van der Waals surface area contributed by atoms with Gasteiger partial charge in [-0.1, -0.05) is 30.3 Å². The summed E-state index contributed by atoms with van der Waals surface area (Å²) in [4.78, 5) is 26.9. The summed E-state index contributed by atoms with van der Waals surface area (Å²) in [5.41, 5.74) is 0.752. The van der Waals surface area contributed by atoms with Crippen LogP contribution < -0.4 is 0 Å². The van der Waals surface area contributed by atoms with Crippen molar-refractivity contribution in [2.75, 3.05) is 32.9 Å². The minimum atomic E-state index is -0.642. The Morgan fingerprint density at radius 1 is 1.12 bits per heavy atom. The lowest BCUT2D eigenvalue weighted by molar-refractivity contribution is -0.269. The van der Waals surface area contributed by atoms with Crippen molar-refractivity contribution < 1.29 is 23.8 Å². The van der Waals surface area contributed by atoms with Crippen molar-refractivity contribution in [3.8, 4) is 0 Å². The van der Waals surface area contributed by atoms with Gasteiger partial charge in [0.1, 0.15) is 0 Å². The van der Waals surface area contributed by atoms with Gasteiger partial charge in [-0.2, -0.15) is 0 Å². The molecule has 1 aromatic rings. The molecule has 1 aliphatic carbocycles. The number of ketones is 1. The smallest absolute Gasteiger partial charge is 0.409 e. The van der Waals surface area contributed by atoms with Gasteiger partial charge < -0.3 is 19.1 Å². The number of carbonyl (C=O) groups is 2. The molecule has 3 fully saturated rings. The third-order valence-electron chi connectivity index (χ3n) is 5.85. The van der Waals surface area contributed by atoms with Gasteiger partial charge in [0.25, 0.3) is 0 Å². The molecule has 0 N–H and O–H groups in total. The van der Waals surface area contributed by atoms with Crippen LogP contribution in [0.1, 0.15) is 30.1 Å². The molecule has 2 unspecified atom stereocenters. The summed E-state index contributed by atoms with van der Waals surface area (Å²) in [6.07, 6.45) is 1.04. The SMILES string of the molecule is CCOC(=O)N1CC2CC(C(=O)c3ccccc3)CC(C1)C21OCCO1. The average molecular weight is 359 g/mol. The Morgan fingerprint density at radius 2 is 1.73 bits per heavy atom. The molecule has 26 heavy (non-hydrogen) atoms. The highest BCUT2D eigenvalue weighted by atomic mass is 16.7. The van der Waals surface area contributed by atoms with E-state index in [0.717, 1.165) is 5.56 Å². The first-order valence-electron chi connectivity index (χ1n) is 9.43. The second-order valence-electron chi connectivity index (χ2n) is 7.31. The number of ether oxygens (including phenoxy) is 3. The lowest BCUT2D eigenvalue weighted by atomic mass is 9.66. The van der Waals surface area contributed by atoms with Gasteiger partial charge in [-0.3, -0.25) is 4.79 Å². The van der Waals surface area contributed by atoms with E-state index in [1.807, 2.05) is 37.3 Å². The molecule has 3 aliphatic rings. The van der Waals surface area contributed by atoms with Crippen LogP contribution >= 0.6 is 0 Å². The molecule has 0 aromatic heterocycles. The minimum absolute atomic E-state index is 0.0143. The molecule has 1 amide bonds. The van der Waals surface area contributed by atoms with E-state index in [2.05, 4.69) is 0 Å². The van der Waals surface area contributed by atoms with Crippen molar-refractivity contribution in [1.29, 1.82) is 0 Å². The van der Waals surface area contributed by atoms with Crippen LogP contribution in [-0.4, -0.2) is 55.5 Å². The van der Waals surface area contributed by atoms with Crippen molar-refractivity contribution in [2.24, 2.45) is 17.8 Å². The van der Waals surface area contributed by atoms with Gasteiger partial charge >= 0.3 is 6.09 Å². The minimum Gasteiger partial charge on any atom is -0.450 e. The predicted octanol–water partition coefficient (Wildman–Crippen LogP) is 2.73. The maximum Gasteiger partial charge on any atom is 0.409 e. The molecule has 4 rings (SSSR count). The Balaban J connectivity index is 1.56. The number of rotatable bonds is 3. The molecular weight excluding hydrogens is 334 g/mol. The van der Waals surface area contributed by atoms with Gasteiger partial charge in [0, 0.05) is 36.4 Å². The average Bonchev–Trinajstić information content (AvgIpc) is 3.11. The topological polar surface area (TPSA) is 65.1 Å². The van der Waals surface area contributed by atoms with Crippen molar-refractivity contribution in [3.05, 3.63) is 35.9 Å².